The number of carboxylic acid groups (broad SMARTS) is 1. The first kappa shape index (κ1) is 13.7. The fourth-order valence-corrected chi connectivity index (χ4v) is 2.13. The Kier molecular flexibility index (Phi) is 3.95. The number of benzene rings is 1. The van der Waals surface area contributed by atoms with Crippen LogP contribution in [0.2, 0.25) is 0 Å². The summed E-state index contributed by atoms with van der Waals surface area (Å²) in [5, 5.41) is 12.4. The fourth-order valence-electron chi connectivity index (χ4n) is 2.13. The molecule has 0 bridgehead atoms. The van der Waals surface area contributed by atoms with Crippen LogP contribution in [-0.4, -0.2) is 30.8 Å². The number of aliphatic carboxylic acids is 1. The fraction of sp³-hybridized carbons (Fsp3) is 0.500. The summed E-state index contributed by atoms with van der Waals surface area (Å²) in [5.74, 6) is 0.370. The van der Waals surface area contributed by atoms with Crippen molar-refractivity contribution in [2.75, 3.05) is 19.8 Å². The number of likely N-dealkylation sites (N-methyl/N-ethyl adjacent to an activating group) is 1. The average molecular weight is 265 g/mol. The van der Waals surface area contributed by atoms with Gasteiger partial charge in [0.15, 0.2) is 11.5 Å². The molecule has 1 aliphatic rings. The van der Waals surface area contributed by atoms with Crippen molar-refractivity contribution in [2.24, 2.45) is 0 Å². The molecule has 1 aromatic rings. The highest BCUT2D eigenvalue weighted by atomic mass is 16.5. The van der Waals surface area contributed by atoms with E-state index in [1.165, 1.54) is 0 Å². The molecule has 104 valence electrons. The van der Waals surface area contributed by atoms with Crippen molar-refractivity contribution < 1.29 is 19.4 Å². The highest BCUT2D eigenvalue weighted by Gasteiger charge is 2.35. The van der Waals surface area contributed by atoms with E-state index in [1.807, 2.05) is 6.92 Å². The van der Waals surface area contributed by atoms with Crippen LogP contribution in [0.5, 0.6) is 11.5 Å². The molecule has 5 heteroatoms. The number of hydrogen-bond donors (Lipinski definition) is 2. The second kappa shape index (κ2) is 5.48. The summed E-state index contributed by atoms with van der Waals surface area (Å²) in [7, 11) is 0. The van der Waals surface area contributed by atoms with Gasteiger partial charge in [-0.05, 0) is 31.2 Å². The van der Waals surface area contributed by atoms with Crippen molar-refractivity contribution >= 4 is 5.97 Å². The lowest BCUT2D eigenvalue weighted by Crippen LogP contribution is -2.46. The van der Waals surface area contributed by atoms with Gasteiger partial charge >= 0.3 is 5.97 Å². The standard InChI is InChI=1S/C14H19NO4/c1-3-15-14(2,13(16)17)10-5-6-11-12(9-10)19-8-4-7-18-11/h5-6,9,15H,3-4,7-8H2,1-2H3,(H,16,17). The van der Waals surface area contributed by atoms with Crippen molar-refractivity contribution in [3.8, 4) is 11.5 Å². The van der Waals surface area contributed by atoms with Crippen LogP contribution in [0.4, 0.5) is 0 Å². The number of rotatable bonds is 4. The summed E-state index contributed by atoms with van der Waals surface area (Å²) >= 11 is 0. The molecular formula is C14H19NO4. The summed E-state index contributed by atoms with van der Waals surface area (Å²) in [6.45, 7) is 5.30. The molecule has 0 aliphatic carbocycles. The molecule has 1 aromatic carbocycles. The summed E-state index contributed by atoms with van der Waals surface area (Å²) in [6.07, 6.45) is 0.827. The number of carboxylic acids is 1. The maximum atomic E-state index is 11.5. The number of carbonyl (C=O) groups is 1. The van der Waals surface area contributed by atoms with Crippen molar-refractivity contribution in [3.05, 3.63) is 23.8 Å². The first-order valence-corrected chi connectivity index (χ1v) is 6.46. The molecule has 1 heterocycles. The maximum Gasteiger partial charge on any atom is 0.328 e. The smallest absolute Gasteiger partial charge is 0.328 e. The minimum Gasteiger partial charge on any atom is -0.490 e. The van der Waals surface area contributed by atoms with Gasteiger partial charge < -0.3 is 14.6 Å². The second-order valence-corrected chi connectivity index (χ2v) is 4.67. The Balaban J connectivity index is 2.39. The van der Waals surface area contributed by atoms with Crippen LogP contribution in [0.1, 0.15) is 25.8 Å². The lowest BCUT2D eigenvalue weighted by molar-refractivity contribution is -0.144. The largest absolute Gasteiger partial charge is 0.490 e. The zero-order valence-corrected chi connectivity index (χ0v) is 11.2. The summed E-state index contributed by atoms with van der Waals surface area (Å²) in [6, 6.07) is 5.29. The van der Waals surface area contributed by atoms with Gasteiger partial charge in [0, 0.05) is 6.42 Å². The predicted molar refractivity (Wildman–Crippen MR) is 70.7 cm³/mol. The van der Waals surface area contributed by atoms with E-state index in [9.17, 15) is 9.90 Å². The summed E-state index contributed by atoms with van der Waals surface area (Å²) in [4.78, 5) is 11.5. The van der Waals surface area contributed by atoms with Gasteiger partial charge in [0.1, 0.15) is 5.54 Å². The quantitative estimate of drug-likeness (QED) is 0.868. The molecule has 1 unspecified atom stereocenters. The predicted octanol–water partition coefficient (Wildman–Crippen LogP) is 1.76. The normalized spacial score (nSPS) is 17.4. The molecule has 0 fully saturated rings. The SMILES string of the molecule is CCNC(C)(C(=O)O)c1ccc2c(c1)OCCCO2. The zero-order chi connectivity index (χ0) is 13.9. The van der Waals surface area contributed by atoms with E-state index in [2.05, 4.69) is 5.32 Å². The van der Waals surface area contributed by atoms with Crippen LogP contribution < -0.4 is 14.8 Å². The Morgan fingerprint density at radius 2 is 2.05 bits per heavy atom. The van der Waals surface area contributed by atoms with Crippen LogP contribution in [0.15, 0.2) is 18.2 Å². The van der Waals surface area contributed by atoms with E-state index >= 15 is 0 Å². The van der Waals surface area contributed by atoms with E-state index in [4.69, 9.17) is 9.47 Å². The average Bonchev–Trinajstić information content (AvgIpc) is 2.62. The first-order chi connectivity index (χ1) is 9.08. The Bertz CT molecular complexity index is 475. The lowest BCUT2D eigenvalue weighted by Gasteiger charge is -2.27. The van der Waals surface area contributed by atoms with Gasteiger partial charge in [-0.3, -0.25) is 5.32 Å². The van der Waals surface area contributed by atoms with Crippen LogP contribution in [0.3, 0.4) is 0 Å². The highest BCUT2D eigenvalue weighted by Crippen LogP contribution is 2.34. The van der Waals surface area contributed by atoms with Gasteiger partial charge in [-0.1, -0.05) is 13.0 Å². The Labute approximate surface area is 112 Å². The molecule has 5 nitrogen and oxygen atoms in total. The third kappa shape index (κ3) is 2.66. The molecule has 19 heavy (non-hydrogen) atoms. The van der Waals surface area contributed by atoms with Crippen LogP contribution >= 0.6 is 0 Å². The Morgan fingerprint density at radius 3 is 2.68 bits per heavy atom. The Morgan fingerprint density at radius 1 is 1.37 bits per heavy atom. The molecule has 2 N–H and O–H groups in total. The van der Waals surface area contributed by atoms with Gasteiger partial charge in [0.05, 0.1) is 13.2 Å². The van der Waals surface area contributed by atoms with Crippen molar-refractivity contribution in [3.63, 3.8) is 0 Å². The maximum absolute atomic E-state index is 11.5. The van der Waals surface area contributed by atoms with E-state index in [0.29, 0.717) is 36.8 Å². The van der Waals surface area contributed by atoms with E-state index in [-0.39, 0.29) is 0 Å². The minimum atomic E-state index is -1.13. The van der Waals surface area contributed by atoms with E-state index in [1.54, 1.807) is 25.1 Å². The summed E-state index contributed by atoms with van der Waals surface area (Å²) in [5.41, 5.74) is -0.467. The van der Waals surface area contributed by atoms with Gasteiger partial charge in [-0.15, -0.1) is 0 Å². The molecule has 0 saturated heterocycles. The van der Waals surface area contributed by atoms with Crippen molar-refractivity contribution in [1.82, 2.24) is 5.32 Å². The Hall–Kier alpha value is -1.75. The van der Waals surface area contributed by atoms with Gasteiger partial charge in [0.25, 0.3) is 0 Å². The number of fused-ring (bicyclic) bond motifs is 1. The summed E-state index contributed by atoms with van der Waals surface area (Å²) < 4.78 is 11.1. The second-order valence-electron chi connectivity index (χ2n) is 4.67. The van der Waals surface area contributed by atoms with Crippen LogP contribution in [-0.2, 0) is 10.3 Å². The minimum absolute atomic E-state index is 0.567. The molecule has 1 aliphatic heterocycles. The van der Waals surface area contributed by atoms with Gasteiger partial charge in [-0.25, -0.2) is 4.79 Å². The first-order valence-electron chi connectivity index (χ1n) is 6.46. The topological polar surface area (TPSA) is 67.8 Å². The monoisotopic (exact) mass is 265 g/mol. The van der Waals surface area contributed by atoms with Crippen molar-refractivity contribution in [1.29, 1.82) is 0 Å². The van der Waals surface area contributed by atoms with Gasteiger partial charge in [0.2, 0.25) is 0 Å². The van der Waals surface area contributed by atoms with Crippen LogP contribution in [0.25, 0.3) is 0 Å². The molecule has 0 radical (unpaired) electrons. The number of ether oxygens (including phenoxy) is 2. The van der Waals surface area contributed by atoms with Crippen LogP contribution in [0, 0.1) is 0 Å². The highest BCUT2D eigenvalue weighted by molar-refractivity contribution is 5.80. The zero-order valence-electron chi connectivity index (χ0n) is 11.2. The molecule has 1 atom stereocenters. The van der Waals surface area contributed by atoms with Gasteiger partial charge in [-0.2, -0.15) is 0 Å². The third-order valence-electron chi connectivity index (χ3n) is 3.28. The molecule has 0 spiro atoms. The molecule has 0 amide bonds. The van der Waals surface area contributed by atoms with E-state index < -0.39 is 11.5 Å². The van der Waals surface area contributed by atoms with E-state index in [0.717, 1.165) is 6.42 Å². The van der Waals surface area contributed by atoms with Crippen molar-refractivity contribution in [2.45, 2.75) is 25.8 Å². The number of nitrogens with one attached hydrogen (secondary N) is 1. The molecule has 0 aromatic heterocycles. The molecule has 2 rings (SSSR count). The number of hydrogen-bond acceptors (Lipinski definition) is 4. The molecule has 0 saturated carbocycles. The molecular weight excluding hydrogens is 246 g/mol. The third-order valence-corrected chi connectivity index (χ3v) is 3.28. The lowest BCUT2D eigenvalue weighted by atomic mass is 9.91.